The highest BCUT2D eigenvalue weighted by molar-refractivity contribution is 4.94. The molecule has 0 aromatic rings. The molecule has 0 aromatic carbocycles. The van der Waals surface area contributed by atoms with E-state index in [2.05, 4.69) is 6.58 Å². The third-order valence-corrected chi connectivity index (χ3v) is 1.37. The lowest BCUT2D eigenvalue weighted by atomic mass is 10.5. The maximum Gasteiger partial charge on any atom is 0.0871 e. The number of nitrogens with zero attached hydrogens (tertiary/aromatic N) is 1. The van der Waals surface area contributed by atoms with Crippen LogP contribution in [0.4, 0.5) is 0 Å². The Bertz CT molecular complexity index is 183. The molecule has 0 fully saturated rings. The molecular weight excluding hydrogens is 182 g/mol. The fourth-order valence-electron chi connectivity index (χ4n) is 0.818. The van der Waals surface area contributed by atoms with E-state index in [0.717, 1.165) is 0 Å². The normalized spacial score (nSPS) is 11.4. The van der Waals surface area contributed by atoms with Gasteiger partial charge in [0.1, 0.15) is 0 Å². The second-order valence-electron chi connectivity index (χ2n) is 2.74. The third-order valence-electron chi connectivity index (χ3n) is 1.37. The molecule has 0 unspecified atom stereocenters. The molecule has 0 heterocycles. The van der Waals surface area contributed by atoms with E-state index in [-0.39, 0.29) is 0 Å². The molecular formula is C9H19N3O2. The summed E-state index contributed by atoms with van der Waals surface area (Å²) in [5.74, 6) is 5.60. The summed E-state index contributed by atoms with van der Waals surface area (Å²) in [4.78, 5) is 0. The fourth-order valence-corrected chi connectivity index (χ4v) is 0.818. The predicted molar refractivity (Wildman–Crippen MR) is 56.1 cm³/mol. The van der Waals surface area contributed by atoms with Crippen LogP contribution < -0.4 is 11.6 Å². The summed E-state index contributed by atoms with van der Waals surface area (Å²) in [6, 6.07) is 0. The molecule has 0 aliphatic heterocycles. The van der Waals surface area contributed by atoms with Crippen LogP contribution in [0, 0.1) is 0 Å². The first kappa shape index (κ1) is 13.0. The SMILES string of the molecule is C=CCOCCN(N)/C=C(\N)COC. The molecule has 0 bridgehead atoms. The molecule has 0 spiro atoms. The number of methoxy groups -OCH3 is 1. The fraction of sp³-hybridized carbons (Fsp3) is 0.556. The first-order chi connectivity index (χ1) is 6.70. The van der Waals surface area contributed by atoms with Crippen molar-refractivity contribution in [1.29, 1.82) is 0 Å². The molecule has 0 saturated carbocycles. The van der Waals surface area contributed by atoms with Crippen molar-refractivity contribution >= 4 is 0 Å². The Kier molecular flexibility index (Phi) is 7.92. The Hall–Kier alpha value is -1.04. The summed E-state index contributed by atoms with van der Waals surface area (Å²) in [7, 11) is 1.58. The van der Waals surface area contributed by atoms with Crippen LogP contribution in [-0.2, 0) is 9.47 Å². The molecule has 0 radical (unpaired) electrons. The summed E-state index contributed by atoms with van der Waals surface area (Å²) >= 11 is 0. The van der Waals surface area contributed by atoms with E-state index in [9.17, 15) is 0 Å². The molecule has 0 amide bonds. The van der Waals surface area contributed by atoms with Gasteiger partial charge in [0.05, 0.1) is 32.1 Å². The van der Waals surface area contributed by atoms with Gasteiger partial charge in [-0.2, -0.15) is 0 Å². The van der Waals surface area contributed by atoms with Crippen molar-refractivity contribution < 1.29 is 9.47 Å². The van der Waals surface area contributed by atoms with E-state index in [1.54, 1.807) is 19.4 Å². The molecule has 0 aliphatic carbocycles. The lowest BCUT2D eigenvalue weighted by Crippen LogP contribution is -2.30. The number of hydrazine groups is 1. The lowest BCUT2D eigenvalue weighted by Gasteiger charge is -2.14. The number of rotatable bonds is 8. The van der Waals surface area contributed by atoms with Crippen molar-refractivity contribution in [2.45, 2.75) is 0 Å². The van der Waals surface area contributed by atoms with Crippen LogP contribution in [0.5, 0.6) is 0 Å². The van der Waals surface area contributed by atoms with E-state index in [4.69, 9.17) is 21.1 Å². The van der Waals surface area contributed by atoms with Crippen LogP contribution in [0.3, 0.4) is 0 Å². The van der Waals surface area contributed by atoms with Crippen molar-refractivity contribution in [2.24, 2.45) is 11.6 Å². The molecule has 5 nitrogen and oxygen atoms in total. The Labute approximate surface area is 84.9 Å². The average Bonchev–Trinajstić information content (AvgIpc) is 2.13. The van der Waals surface area contributed by atoms with Gasteiger partial charge in [-0.25, -0.2) is 5.84 Å². The average molecular weight is 201 g/mol. The molecule has 0 saturated heterocycles. The topological polar surface area (TPSA) is 73.7 Å². The molecule has 14 heavy (non-hydrogen) atoms. The molecule has 82 valence electrons. The van der Waals surface area contributed by atoms with E-state index in [1.807, 2.05) is 0 Å². The molecule has 5 heteroatoms. The number of hydrogen-bond donors (Lipinski definition) is 2. The second-order valence-corrected chi connectivity index (χ2v) is 2.74. The highest BCUT2D eigenvalue weighted by Crippen LogP contribution is 1.88. The Morgan fingerprint density at radius 1 is 1.57 bits per heavy atom. The van der Waals surface area contributed by atoms with Gasteiger partial charge in [0.2, 0.25) is 0 Å². The molecule has 0 rings (SSSR count). The number of ether oxygens (including phenoxy) is 2. The quantitative estimate of drug-likeness (QED) is 0.246. The summed E-state index contributed by atoms with van der Waals surface area (Å²) in [5, 5.41) is 1.47. The van der Waals surface area contributed by atoms with Crippen LogP contribution in [0.1, 0.15) is 0 Å². The van der Waals surface area contributed by atoms with E-state index in [0.29, 0.717) is 32.1 Å². The minimum atomic E-state index is 0.376. The van der Waals surface area contributed by atoms with Gasteiger partial charge < -0.3 is 20.2 Å². The van der Waals surface area contributed by atoms with Crippen LogP contribution in [-0.4, -0.2) is 38.5 Å². The van der Waals surface area contributed by atoms with Gasteiger partial charge in [0, 0.05) is 13.3 Å². The Morgan fingerprint density at radius 2 is 2.29 bits per heavy atom. The maximum atomic E-state index is 5.60. The van der Waals surface area contributed by atoms with Crippen LogP contribution in [0.25, 0.3) is 0 Å². The minimum Gasteiger partial charge on any atom is -0.399 e. The van der Waals surface area contributed by atoms with Gasteiger partial charge >= 0.3 is 0 Å². The maximum absolute atomic E-state index is 5.60. The number of hydrogen-bond acceptors (Lipinski definition) is 5. The summed E-state index contributed by atoms with van der Waals surface area (Å²) in [6.45, 7) is 5.56. The molecule has 0 atom stereocenters. The molecule has 4 N–H and O–H groups in total. The monoisotopic (exact) mass is 201 g/mol. The second kappa shape index (κ2) is 8.55. The van der Waals surface area contributed by atoms with E-state index >= 15 is 0 Å². The molecule has 0 aromatic heterocycles. The van der Waals surface area contributed by atoms with Crippen LogP contribution in [0.15, 0.2) is 24.6 Å². The lowest BCUT2D eigenvalue weighted by molar-refractivity contribution is 0.139. The van der Waals surface area contributed by atoms with Gasteiger partial charge in [0.15, 0.2) is 0 Å². The van der Waals surface area contributed by atoms with Crippen molar-refractivity contribution in [2.75, 3.05) is 33.5 Å². The van der Waals surface area contributed by atoms with Crippen molar-refractivity contribution in [3.05, 3.63) is 24.6 Å². The van der Waals surface area contributed by atoms with Crippen molar-refractivity contribution in [3.8, 4) is 0 Å². The zero-order valence-corrected chi connectivity index (χ0v) is 8.61. The highest BCUT2D eigenvalue weighted by atomic mass is 16.5. The van der Waals surface area contributed by atoms with Crippen LogP contribution >= 0.6 is 0 Å². The van der Waals surface area contributed by atoms with Gasteiger partial charge in [-0.05, 0) is 0 Å². The summed E-state index contributed by atoms with van der Waals surface area (Å²) in [5.41, 5.74) is 6.16. The molecule has 0 aliphatic rings. The smallest absolute Gasteiger partial charge is 0.0871 e. The zero-order valence-electron chi connectivity index (χ0n) is 8.61. The van der Waals surface area contributed by atoms with Gasteiger partial charge in [0.25, 0.3) is 0 Å². The highest BCUT2D eigenvalue weighted by Gasteiger charge is 1.95. The van der Waals surface area contributed by atoms with Crippen LogP contribution in [0.2, 0.25) is 0 Å². The first-order valence-corrected chi connectivity index (χ1v) is 4.35. The van der Waals surface area contributed by atoms with E-state index < -0.39 is 0 Å². The third kappa shape index (κ3) is 7.60. The van der Waals surface area contributed by atoms with Gasteiger partial charge in [-0.15, -0.1) is 6.58 Å². The van der Waals surface area contributed by atoms with E-state index in [1.165, 1.54) is 5.01 Å². The Morgan fingerprint density at radius 3 is 2.86 bits per heavy atom. The standard InChI is InChI=1S/C9H19N3O2/c1-3-5-14-6-4-12(11)7-9(10)8-13-2/h3,7H,1,4-6,8,10-11H2,2H3/b9-7-. The summed E-state index contributed by atoms with van der Waals surface area (Å²) < 4.78 is 9.98. The first-order valence-electron chi connectivity index (χ1n) is 4.35. The Balaban J connectivity index is 3.57. The van der Waals surface area contributed by atoms with Crippen molar-refractivity contribution in [3.63, 3.8) is 0 Å². The minimum absolute atomic E-state index is 0.376. The van der Waals surface area contributed by atoms with Crippen molar-refractivity contribution in [1.82, 2.24) is 5.01 Å². The van der Waals surface area contributed by atoms with Gasteiger partial charge in [-0.1, -0.05) is 6.08 Å². The zero-order chi connectivity index (χ0) is 10.8. The largest absolute Gasteiger partial charge is 0.399 e. The van der Waals surface area contributed by atoms with Gasteiger partial charge in [-0.3, -0.25) is 0 Å². The predicted octanol–water partition coefficient (Wildman–Crippen LogP) is -0.189. The number of nitrogens with two attached hydrogens (primary N) is 2. The summed E-state index contributed by atoms with van der Waals surface area (Å²) in [6.07, 6.45) is 3.32.